The molecular formula is C33H47N7O3SSi. The summed E-state index contributed by atoms with van der Waals surface area (Å²) in [6, 6.07) is 13.9. The summed E-state index contributed by atoms with van der Waals surface area (Å²) >= 11 is 1.74. The summed E-state index contributed by atoms with van der Waals surface area (Å²) in [6.07, 6.45) is 5.04. The number of carbonyl (C=O) groups excluding carboxylic acids is 1. The molecule has 0 unspecified atom stereocenters. The third-order valence-corrected chi connectivity index (χ3v) is 10.2. The molecule has 1 saturated carbocycles. The molecule has 0 bridgehead atoms. The molecule has 0 radical (unpaired) electrons. The van der Waals surface area contributed by atoms with Gasteiger partial charge in [-0.15, -0.1) is 11.3 Å². The molecule has 0 spiro atoms. The maximum Gasteiger partial charge on any atom is 0.407 e. The molecule has 1 fully saturated rings. The summed E-state index contributed by atoms with van der Waals surface area (Å²) in [7, 11) is -1.22. The molecule has 3 heterocycles. The molecule has 0 aliphatic heterocycles. The van der Waals surface area contributed by atoms with Crippen LogP contribution < -0.4 is 16.0 Å². The number of fused-ring (bicyclic) bond motifs is 1. The minimum Gasteiger partial charge on any atom is -0.444 e. The minimum absolute atomic E-state index is 0.106. The summed E-state index contributed by atoms with van der Waals surface area (Å²) in [5.41, 5.74) is 3.10. The Morgan fingerprint density at radius 3 is 2.58 bits per heavy atom. The fraction of sp³-hybridized carbons (Fsp3) is 0.515. The normalized spacial score (nSPS) is 17.3. The van der Waals surface area contributed by atoms with Crippen LogP contribution in [-0.2, 0) is 22.7 Å². The van der Waals surface area contributed by atoms with Crippen LogP contribution in [0.2, 0.25) is 25.7 Å². The number of nitrogens with one attached hydrogen (secondary N) is 3. The number of anilines is 2. The molecule has 0 atom stereocenters. The van der Waals surface area contributed by atoms with Crippen LogP contribution in [0.1, 0.15) is 51.3 Å². The number of hydrogen-bond donors (Lipinski definition) is 3. The van der Waals surface area contributed by atoms with E-state index in [1.54, 1.807) is 11.3 Å². The van der Waals surface area contributed by atoms with Crippen molar-refractivity contribution in [1.82, 2.24) is 25.1 Å². The second-order valence-corrected chi connectivity index (χ2v) is 20.6. The molecule has 1 aliphatic carbocycles. The van der Waals surface area contributed by atoms with Crippen molar-refractivity contribution in [1.29, 1.82) is 0 Å². The number of benzene rings is 1. The van der Waals surface area contributed by atoms with E-state index in [1.807, 2.05) is 37.7 Å². The first kappa shape index (κ1) is 32.9. The summed E-state index contributed by atoms with van der Waals surface area (Å²) in [5, 5.41) is 18.0. The maximum absolute atomic E-state index is 12.2. The highest BCUT2D eigenvalue weighted by molar-refractivity contribution is 7.09. The smallest absolute Gasteiger partial charge is 0.407 e. The highest BCUT2D eigenvalue weighted by Crippen LogP contribution is 2.30. The zero-order chi connectivity index (χ0) is 32.0. The second-order valence-electron chi connectivity index (χ2n) is 14.0. The number of hydrogen-bond acceptors (Lipinski definition) is 9. The third kappa shape index (κ3) is 9.75. The average Bonchev–Trinajstić information content (AvgIpc) is 3.62. The zero-order valence-electron chi connectivity index (χ0n) is 27.4. The predicted octanol–water partition coefficient (Wildman–Crippen LogP) is 7.73. The van der Waals surface area contributed by atoms with Crippen molar-refractivity contribution in [2.24, 2.45) is 0 Å². The molecule has 10 nitrogen and oxygen atoms in total. The third-order valence-electron chi connectivity index (χ3n) is 7.66. The lowest BCUT2D eigenvalue weighted by atomic mass is 9.91. The van der Waals surface area contributed by atoms with E-state index in [2.05, 4.69) is 71.3 Å². The monoisotopic (exact) mass is 649 g/mol. The molecule has 1 aliphatic rings. The van der Waals surface area contributed by atoms with Crippen molar-refractivity contribution >= 4 is 48.2 Å². The van der Waals surface area contributed by atoms with Crippen LogP contribution >= 0.6 is 11.3 Å². The van der Waals surface area contributed by atoms with Gasteiger partial charge in [0.1, 0.15) is 18.0 Å². The lowest BCUT2D eigenvalue weighted by Gasteiger charge is -2.30. The van der Waals surface area contributed by atoms with Gasteiger partial charge in [-0.2, -0.15) is 10.1 Å². The van der Waals surface area contributed by atoms with E-state index >= 15 is 0 Å². The van der Waals surface area contributed by atoms with Gasteiger partial charge in [0.05, 0.1) is 5.39 Å². The molecule has 12 heteroatoms. The summed E-state index contributed by atoms with van der Waals surface area (Å²) < 4.78 is 13.4. The lowest BCUT2D eigenvalue weighted by molar-refractivity contribution is 0.0492. The number of amides is 1. The van der Waals surface area contributed by atoms with Gasteiger partial charge in [0.25, 0.3) is 0 Å². The fourth-order valence-electron chi connectivity index (χ4n) is 5.28. The minimum atomic E-state index is -1.22. The van der Waals surface area contributed by atoms with Crippen LogP contribution in [0.3, 0.4) is 0 Å². The number of rotatable bonds is 12. The van der Waals surface area contributed by atoms with Gasteiger partial charge in [-0.25, -0.2) is 14.5 Å². The van der Waals surface area contributed by atoms with Crippen molar-refractivity contribution in [2.45, 2.75) is 103 Å². The van der Waals surface area contributed by atoms with Crippen molar-refractivity contribution < 1.29 is 14.3 Å². The van der Waals surface area contributed by atoms with Crippen LogP contribution in [0.25, 0.3) is 22.3 Å². The van der Waals surface area contributed by atoms with E-state index in [0.717, 1.165) is 66.3 Å². The van der Waals surface area contributed by atoms with Gasteiger partial charge in [-0.1, -0.05) is 37.8 Å². The second kappa shape index (κ2) is 14.3. The topological polar surface area (TPSA) is 115 Å². The number of nitrogens with zero attached hydrogens (tertiary/aromatic N) is 4. The van der Waals surface area contributed by atoms with Gasteiger partial charge in [-0.05, 0) is 76.1 Å². The van der Waals surface area contributed by atoms with Gasteiger partial charge in [0.2, 0.25) is 5.95 Å². The summed E-state index contributed by atoms with van der Waals surface area (Å²) in [4.78, 5) is 23.2. The molecule has 1 aromatic carbocycles. The first-order chi connectivity index (χ1) is 21.4. The number of thiophene rings is 1. The van der Waals surface area contributed by atoms with Crippen LogP contribution in [0.15, 0.2) is 48.0 Å². The number of alkyl carbamates (subject to hydrolysis) is 1. The first-order valence-corrected chi connectivity index (χ1v) is 20.4. The number of carbonyl (C=O) groups is 1. The van der Waals surface area contributed by atoms with Crippen LogP contribution in [0, 0.1) is 0 Å². The van der Waals surface area contributed by atoms with Gasteiger partial charge in [0, 0.05) is 55.6 Å². The van der Waals surface area contributed by atoms with Gasteiger partial charge < -0.3 is 25.4 Å². The number of ether oxygens (including phenoxy) is 2. The Bertz CT molecular complexity index is 1550. The van der Waals surface area contributed by atoms with Crippen molar-refractivity contribution in [2.75, 3.05) is 17.2 Å². The van der Waals surface area contributed by atoms with E-state index in [0.29, 0.717) is 19.3 Å². The molecular weight excluding hydrogens is 603 g/mol. The molecule has 3 N–H and O–H groups in total. The summed E-state index contributed by atoms with van der Waals surface area (Å²) in [6.45, 7) is 14.5. The molecule has 3 aromatic heterocycles. The van der Waals surface area contributed by atoms with Gasteiger partial charge >= 0.3 is 6.09 Å². The van der Waals surface area contributed by atoms with Crippen LogP contribution in [0.5, 0.6) is 0 Å². The highest BCUT2D eigenvalue weighted by atomic mass is 32.1. The zero-order valence-corrected chi connectivity index (χ0v) is 29.2. The van der Waals surface area contributed by atoms with Gasteiger partial charge in [0.15, 0.2) is 5.65 Å². The van der Waals surface area contributed by atoms with Crippen molar-refractivity contribution in [3.8, 4) is 11.3 Å². The molecule has 1 amide bonds. The van der Waals surface area contributed by atoms with E-state index in [1.165, 1.54) is 4.88 Å². The maximum atomic E-state index is 12.2. The van der Waals surface area contributed by atoms with E-state index < -0.39 is 13.7 Å². The van der Waals surface area contributed by atoms with Crippen LogP contribution in [0.4, 0.5) is 16.4 Å². The Hall–Kier alpha value is -3.48. The summed E-state index contributed by atoms with van der Waals surface area (Å²) in [5.74, 6) is 0.576. The van der Waals surface area contributed by atoms with E-state index in [-0.39, 0.29) is 18.2 Å². The Kier molecular flexibility index (Phi) is 10.5. The molecule has 45 heavy (non-hydrogen) atoms. The standard InChI is InChI=1S/C33H47N7O3SSi/c1-33(2,3)43-32(41)37-25-14-12-24(13-15-25)36-31-35-21-28-29(39-40(30(28)38-31)22-42-16-18-45(4,5)6)23-9-7-10-26(19-23)34-20-27-11-8-17-44-27/h7-11,17,19,21,24-25,34H,12-16,18,20,22H2,1-6H3,(H,37,41)(H,35,36,38). The SMILES string of the molecule is CC(C)(C)OC(=O)NC1CCC(Nc2ncc3c(-c4cccc(NCc5cccs5)c4)nn(COCC[Si](C)(C)C)c3n2)CC1. The predicted molar refractivity (Wildman–Crippen MR) is 186 cm³/mol. The highest BCUT2D eigenvalue weighted by Gasteiger charge is 2.26. The molecule has 5 rings (SSSR count). The molecule has 242 valence electrons. The van der Waals surface area contributed by atoms with Crippen molar-refractivity contribution in [3.63, 3.8) is 0 Å². The fourth-order valence-corrected chi connectivity index (χ4v) is 6.68. The van der Waals surface area contributed by atoms with E-state index in [4.69, 9.17) is 24.5 Å². The quantitative estimate of drug-likeness (QED) is 0.106. The Balaban J connectivity index is 1.30. The lowest BCUT2D eigenvalue weighted by Crippen LogP contribution is -2.42. The van der Waals surface area contributed by atoms with Crippen molar-refractivity contribution in [3.05, 3.63) is 52.9 Å². The van der Waals surface area contributed by atoms with E-state index in [9.17, 15) is 4.79 Å². The van der Waals surface area contributed by atoms with Crippen LogP contribution in [-0.4, -0.2) is 58.2 Å². The Labute approximate surface area is 271 Å². The Morgan fingerprint density at radius 2 is 1.87 bits per heavy atom. The first-order valence-electron chi connectivity index (χ1n) is 15.9. The average molecular weight is 650 g/mol. The Morgan fingerprint density at radius 1 is 1.09 bits per heavy atom. The van der Waals surface area contributed by atoms with Gasteiger partial charge in [-0.3, -0.25) is 0 Å². The molecule has 0 saturated heterocycles. The largest absolute Gasteiger partial charge is 0.444 e. The molecule has 4 aromatic rings. The number of aromatic nitrogens is 4.